The third kappa shape index (κ3) is 4.75. The number of hydrogen-bond acceptors (Lipinski definition) is 4. The van der Waals surface area contributed by atoms with Crippen molar-refractivity contribution < 1.29 is 19.7 Å². The second-order valence-electron chi connectivity index (χ2n) is 2.35. The molecule has 0 saturated heterocycles. The van der Waals surface area contributed by atoms with Crippen molar-refractivity contribution in [3.8, 4) is 0 Å². The molecule has 66 valence electrons. The van der Waals surface area contributed by atoms with E-state index in [0.717, 1.165) is 0 Å². The van der Waals surface area contributed by atoms with Gasteiger partial charge in [-0.25, -0.2) is 4.79 Å². The molecule has 0 fully saturated rings. The Morgan fingerprint density at radius 2 is 2.09 bits per heavy atom. The number of ether oxygens (including phenoxy) is 1. The first kappa shape index (κ1) is 10.4. The van der Waals surface area contributed by atoms with Crippen molar-refractivity contribution in [1.82, 2.24) is 0 Å². The molecule has 0 aliphatic heterocycles. The molecule has 2 unspecified atom stereocenters. The normalized spacial score (nSPS) is 15.6. The topological polar surface area (TPSA) is 66.8 Å². The highest BCUT2D eigenvalue weighted by atomic mass is 16.5. The molecule has 4 heteroatoms. The maximum atomic E-state index is 10.7. The number of hydrogen-bond donors (Lipinski definition) is 2. The summed E-state index contributed by atoms with van der Waals surface area (Å²) in [5, 5.41) is 17.8. The van der Waals surface area contributed by atoms with Crippen LogP contribution in [0.3, 0.4) is 0 Å². The van der Waals surface area contributed by atoms with Crippen LogP contribution >= 0.6 is 0 Å². The molecule has 0 radical (unpaired) electrons. The van der Waals surface area contributed by atoms with Crippen molar-refractivity contribution in [1.29, 1.82) is 0 Å². The van der Waals surface area contributed by atoms with E-state index < -0.39 is 18.2 Å². The predicted molar refractivity (Wildman–Crippen MR) is 38.9 cm³/mol. The predicted octanol–water partition coefficient (Wildman–Crippen LogP) is -0.319. The number of esters is 1. The first-order valence-electron chi connectivity index (χ1n) is 3.60. The maximum Gasteiger partial charge on any atom is 0.335 e. The summed E-state index contributed by atoms with van der Waals surface area (Å²) in [5.41, 5.74) is 0. The van der Waals surface area contributed by atoms with Crippen molar-refractivity contribution in [3.63, 3.8) is 0 Å². The summed E-state index contributed by atoms with van der Waals surface area (Å²) in [6.45, 7) is 3.41. The first-order valence-corrected chi connectivity index (χ1v) is 3.60. The molecular formula is C7H14O4. The third-order valence-corrected chi connectivity index (χ3v) is 1.12. The average Bonchev–Trinajstić information content (AvgIpc) is 1.86. The third-order valence-electron chi connectivity index (χ3n) is 1.12. The van der Waals surface area contributed by atoms with Gasteiger partial charge >= 0.3 is 5.97 Å². The van der Waals surface area contributed by atoms with E-state index in [2.05, 4.69) is 4.74 Å². The number of carbonyl (C=O) groups excluding carboxylic acids is 1. The summed E-state index contributed by atoms with van der Waals surface area (Å²) in [7, 11) is 0. The number of aliphatic hydroxyl groups is 2. The molecule has 0 spiro atoms. The smallest absolute Gasteiger partial charge is 0.335 e. The minimum Gasteiger partial charge on any atom is -0.464 e. The molecule has 0 aromatic heterocycles. The molecule has 4 nitrogen and oxygen atoms in total. The monoisotopic (exact) mass is 162 g/mol. The van der Waals surface area contributed by atoms with E-state index in [1.807, 2.05) is 0 Å². The highest BCUT2D eigenvalue weighted by Gasteiger charge is 2.17. The Morgan fingerprint density at radius 3 is 2.45 bits per heavy atom. The lowest BCUT2D eigenvalue weighted by Crippen LogP contribution is -2.26. The second kappa shape index (κ2) is 5.09. The lowest BCUT2D eigenvalue weighted by molar-refractivity contribution is -0.154. The minimum absolute atomic E-state index is 0.0266. The summed E-state index contributed by atoms with van der Waals surface area (Å²) in [6, 6.07) is 0. The minimum atomic E-state index is -1.20. The van der Waals surface area contributed by atoms with Crippen LogP contribution in [0.15, 0.2) is 0 Å². The van der Waals surface area contributed by atoms with Gasteiger partial charge in [0.25, 0.3) is 0 Å². The molecule has 0 aliphatic rings. The van der Waals surface area contributed by atoms with Crippen LogP contribution in [0.4, 0.5) is 0 Å². The van der Waals surface area contributed by atoms with E-state index in [9.17, 15) is 4.79 Å². The highest BCUT2D eigenvalue weighted by molar-refractivity contribution is 5.74. The van der Waals surface area contributed by atoms with Gasteiger partial charge in [0.2, 0.25) is 0 Å². The van der Waals surface area contributed by atoms with Crippen molar-refractivity contribution in [2.75, 3.05) is 6.61 Å². The summed E-state index contributed by atoms with van der Waals surface area (Å²) < 4.78 is 4.50. The van der Waals surface area contributed by atoms with Crippen LogP contribution in [0.2, 0.25) is 0 Å². The summed E-state index contributed by atoms with van der Waals surface area (Å²) in [4.78, 5) is 10.7. The molecule has 0 aromatic carbocycles. The molecule has 0 aliphatic carbocycles. The fraction of sp³-hybridized carbons (Fsp3) is 0.857. The molecule has 2 N–H and O–H groups in total. The summed E-state index contributed by atoms with van der Waals surface area (Å²) in [6.07, 6.45) is -1.86. The van der Waals surface area contributed by atoms with Gasteiger partial charge in [0.05, 0.1) is 12.7 Å². The van der Waals surface area contributed by atoms with E-state index in [4.69, 9.17) is 10.2 Å². The number of carbonyl (C=O) groups is 1. The zero-order valence-corrected chi connectivity index (χ0v) is 6.78. The zero-order chi connectivity index (χ0) is 8.85. The molecule has 0 bridgehead atoms. The Hall–Kier alpha value is -0.610. The van der Waals surface area contributed by atoms with Gasteiger partial charge in [0.15, 0.2) is 6.10 Å². The van der Waals surface area contributed by atoms with Gasteiger partial charge in [-0.1, -0.05) is 0 Å². The van der Waals surface area contributed by atoms with Crippen LogP contribution < -0.4 is 0 Å². The second-order valence-corrected chi connectivity index (χ2v) is 2.35. The first-order chi connectivity index (χ1) is 5.07. The van der Waals surface area contributed by atoms with Crippen molar-refractivity contribution in [2.24, 2.45) is 0 Å². The van der Waals surface area contributed by atoms with Crippen LogP contribution in [0.1, 0.15) is 20.3 Å². The Kier molecular flexibility index (Phi) is 4.81. The van der Waals surface area contributed by atoms with Gasteiger partial charge in [-0.15, -0.1) is 0 Å². The van der Waals surface area contributed by atoms with Gasteiger partial charge < -0.3 is 14.9 Å². The SMILES string of the molecule is CCOC(=O)C(O)CC(C)O. The van der Waals surface area contributed by atoms with Crippen LogP contribution in [-0.4, -0.2) is 35.0 Å². The van der Waals surface area contributed by atoms with Gasteiger partial charge in [-0.05, 0) is 13.8 Å². The molecule has 0 aromatic rings. The van der Waals surface area contributed by atoms with Gasteiger partial charge in [0.1, 0.15) is 0 Å². The molecule has 0 rings (SSSR count). The van der Waals surface area contributed by atoms with Gasteiger partial charge in [-0.3, -0.25) is 0 Å². The highest BCUT2D eigenvalue weighted by Crippen LogP contribution is 1.99. The Morgan fingerprint density at radius 1 is 1.55 bits per heavy atom. The molecule has 2 atom stereocenters. The van der Waals surface area contributed by atoms with E-state index in [1.54, 1.807) is 6.92 Å². The van der Waals surface area contributed by atoms with Crippen molar-refractivity contribution in [2.45, 2.75) is 32.5 Å². The quantitative estimate of drug-likeness (QED) is 0.556. The fourth-order valence-electron chi connectivity index (χ4n) is 0.658. The lowest BCUT2D eigenvalue weighted by atomic mass is 10.2. The van der Waals surface area contributed by atoms with Crippen molar-refractivity contribution >= 4 is 5.97 Å². The molecule has 0 amide bonds. The van der Waals surface area contributed by atoms with Crippen LogP contribution in [0.5, 0.6) is 0 Å². The largest absolute Gasteiger partial charge is 0.464 e. The van der Waals surface area contributed by atoms with Gasteiger partial charge in [-0.2, -0.15) is 0 Å². The Bertz CT molecular complexity index is 122. The van der Waals surface area contributed by atoms with Crippen LogP contribution in [0, 0.1) is 0 Å². The average molecular weight is 162 g/mol. The van der Waals surface area contributed by atoms with Crippen molar-refractivity contribution in [3.05, 3.63) is 0 Å². The summed E-state index contributed by atoms with van der Waals surface area (Å²) in [5.74, 6) is -0.673. The van der Waals surface area contributed by atoms with Crippen LogP contribution in [0.25, 0.3) is 0 Å². The fourth-order valence-corrected chi connectivity index (χ4v) is 0.658. The molecule has 0 saturated carbocycles. The molecular weight excluding hydrogens is 148 g/mol. The maximum absolute atomic E-state index is 10.7. The number of aliphatic hydroxyl groups excluding tert-OH is 2. The van der Waals surface area contributed by atoms with E-state index >= 15 is 0 Å². The Labute approximate surface area is 65.8 Å². The summed E-state index contributed by atoms with van der Waals surface area (Å²) >= 11 is 0. The lowest BCUT2D eigenvalue weighted by Gasteiger charge is -2.10. The standard InChI is InChI=1S/C7H14O4/c1-3-11-7(10)6(9)4-5(2)8/h5-6,8-9H,3-4H2,1-2H3. The zero-order valence-electron chi connectivity index (χ0n) is 6.78. The number of rotatable bonds is 4. The Balaban J connectivity index is 3.64. The van der Waals surface area contributed by atoms with E-state index in [1.165, 1.54) is 6.92 Å². The van der Waals surface area contributed by atoms with E-state index in [-0.39, 0.29) is 13.0 Å². The molecule has 0 heterocycles. The van der Waals surface area contributed by atoms with Crippen LogP contribution in [-0.2, 0) is 9.53 Å². The molecule has 11 heavy (non-hydrogen) atoms. The van der Waals surface area contributed by atoms with E-state index in [0.29, 0.717) is 0 Å². The van der Waals surface area contributed by atoms with Gasteiger partial charge in [0, 0.05) is 6.42 Å².